The molecule has 2 saturated heterocycles. The Labute approximate surface area is 122 Å². The summed E-state index contributed by atoms with van der Waals surface area (Å²) in [5.41, 5.74) is 0.122. The van der Waals surface area contributed by atoms with Gasteiger partial charge in [-0.15, -0.1) is 0 Å². The molecule has 0 radical (unpaired) electrons. The lowest BCUT2D eigenvalue weighted by molar-refractivity contribution is 0.0211. The number of hydrogen-bond acceptors (Lipinski definition) is 2. The van der Waals surface area contributed by atoms with E-state index in [1.807, 2.05) is 30.0 Å². The Bertz CT molecular complexity index is 657. The van der Waals surface area contributed by atoms with E-state index in [4.69, 9.17) is 0 Å². The van der Waals surface area contributed by atoms with Gasteiger partial charge in [0, 0.05) is 15.9 Å². The van der Waals surface area contributed by atoms with Crippen molar-refractivity contribution in [1.29, 1.82) is 0 Å². The second-order valence-electron chi connectivity index (χ2n) is 6.04. The fraction of sp³-hybridized carbons (Fsp3) is 0.412. The van der Waals surface area contributed by atoms with E-state index in [9.17, 15) is 9.50 Å². The van der Waals surface area contributed by atoms with Crippen molar-refractivity contribution >= 4 is 22.5 Å². The predicted molar refractivity (Wildman–Crippen MR) is 81.4 cm³/mol. The Morgan fingerprint density at radius 3 is 2.35 bits per heavy atom. The summed E-state index contributed by atoms with van der Waals surface area (Å²) in [6.45, 7) is 0. The quantitative estimate of drug-likeness (QED) is 0.847. The molecule has 2 aromatic rings. The maximum Gasteiger partial charge on any atom is 0.131 e. The molecule has 2 aromatic carbocycles. The lowest BCUT2D eigenvalue weighted by Crippen LogP contribution is -2.34. The van der Waals surface area contributed by atoms with Gasteiger partial charge in [-0.05, 0) is 42.7 Å². The summed E-state index contributed by atoms with van der Waals surface area (Å²) in [6, 6.07) is 10.8. The highest BCUT2D eigenvalue weighted by atomic mass is 32.2. The minimum atomic E-state index is -0.787. The molecule has 2 bridgehead atoms. The first-order chi connectivity index (χ1) is 9.66. The minimum absolute atomic E-state index is 0.207. The molecule has 20 heavy (non-hydrogen) atoms. The number of halogens is 1. The molecule has 2 atom stereocenters. The van der Waals surface area contributed by atoms with E-state index in [2.05, 4.69) is 0 Å². The van der Waals surface area contributed by atoms with E-state index < -0.39 is 5.60 Å². The van der Waals surface area contributed by atoms with Gasteiger partial charge in [0.05, 0.1) is 5.60 Å². The van der Waals surface area contributed by atoms with Crippen molar-refractivity contribution in [2.75, 3.05) is 0 Å². The number of benzene rings is 2. The van der Waals surface area contributed by atoms with Gasteiger partial charge in [0.15, 0.2) is 0 Å². The van der Waals surface area contributed by atoms with Gasteiger partial charge in [0.1, 0.15) is 5.82 Å². The molecule has 2 heterocycles. The molecular weight excluding hydrogens is 271 g/mol. The van der Waals surface area contributed by atoms with Crippen LogP contribution in [0.1, 0.15) is 31.2 Å². The second kappa shape index (κ2) is 4.47. The lowest BCUT2D eigenvalue weighted by atomic mass is 9.83. The Balaban J connectivity index is 1.88. The molecule has 3 heteroatoms. The fourth-order valence-electron chi connectivity index (χ4n) is 3.81. The zero-order valence-electron chi connectivity index (χ0n) is 11.2. The third-order valence-corrected chi connectivity index (χ3v) is 6.27. The molecule has 2 unspecified atom stereocenters. The van der Waals surface area contributed by atoms with Crippen LogP contribution in [0, 0.1) is 5.82 Å². The van der Waals surface area contributed by atoms with Gasteiger partial charge >= 0.3 is 0 Å². The van der Waals surface area contributed by atoms with Crippen molar-refractivity contribution in [3.63, 3.8) is 0 Å². The molecular formula is C17H17FOS. The lowest BCUT2D eigenvalue weighted by Gasteiger charge is -2.37. The molecule has 0 saturated carbocycles. The zero-order valence-corrected chi connectivity index (χ0v) is 12.0. The Morgan fingerprint density at radius 1 is 1.00 bits per heavy atom. The Kier molecular flexibility index (Phi) is 2.83. The van der Waals surface area contributed by atoms with Crippen LogP contribution in [-0.4, -0.2) is 15.6 Å². The average Bonchev–Trinajstić information content (AvgIpc) is 2.79. The van der Waals surface area contributed by atoms with E-state index in [1.54, 1.807) is 12.1 Å². The largest absolute Gasteiger partial charge is 0.385 e. The molecule has 0 spiro atoms. The average molecular weight is 288 g/mol. The topological polar surface area (TPSA) is 20.2 Å². The number of aliphatic hydroxyl groups is 1. The molecule has 2 aliphatic rings. The van der Waals surface area contributed by atoms with Crippen molar-refractivity contribution in [2.24, 2.45) is 0 Å². The van der Waals surface area contributed by atoms with Gasteiger partial charge in [-0.3, -0.25) is 0 Å². The van der Waals surface area contributed by atoms with Crippen molar-refractivity contribution < 1.29 is 9.50 Å². The molecule has 1 N–H and O–H groups in total. The number of hydrogen-bond donors (Lipinski definition) is 1. The number of fused-ring (bicyclic) bond motifs is 3. The van der Waals surface area contributed by atoms with Gasteiger partial charge in [-0.25, -0.2) is 4.39 Å². The Hall–Kier alpha value is -1.06. The van der Waals surface area contributed by atoms with Crippen LogP contribution in [0.5, 0.6) is 0 Å². The van der Waals surface area contributed by atoms with Gasteiger partial charge in [0.2, 0.25) is 0 Å². The first kappa shape index (κ1) is 12.7. The maximum absolute atomic E-state index is 13.9. The highest BCUT2D eigenvalue weighted by Gasteiger charge is 2.44. The van der Waals surface area contributed by atoms with Crippen LogP contribution in [0.2, 0.25) is 0 Å². The monoisotopic (exact) mass is 288 g/mol. The van der Waals surface area contributed by atoms with Crippen LogP contribution < -0.4 is 0 Å². The van der Waals surface area contributed by atoms with Gasteiger partial charge in [-0.1, -0.05) is 30.3 Å². The van der Waals surface area contributed by atoms with Crippen LogP contribution in [0.25, 0.3) is 10.8 Å². The van der Waals surface area contributed by atoms with Crippen LogP contribution in [0.15, 0.2) is 36.4 Å². The molecule has 104 valence electrons. The van der Waals surface area contributed by atoms with E-state index >= 15 is 0 Å². The summed E-state index contributed by atoms with van der Waals surface area (Å²) in [5.74, 6) is -0.207. The van der Waals surface area contributed by atoms with Crippen molar-refractivity contribution in [3.05, 3.63) is 47.8 Å². The van der Waals surface area contributed by atoms with Crippen LogP contribution >= 0.6 is 11.8 Å². The summed E-state index contributed by atoms with van der Waals surface area (Å²) in [4.78, 5) is 0. The maximum atomic E-state index is 13.9. The van der Waals surface area contributed by atoms with E-state index in [0.717, 1.165) is 23.8 Å². The zero-order chi connectivity index (χ0) is 13.7. The predicted octanol–water partition coefficient (Wildman–Crippen LogP) is 4.22. The van der Waals surface area contributed by atoms with E-state index in [-0.39, 0.29) is 5.82 Å². The normalized spacial score (nSPS) is 32.7. The smallest absolute Gasteiger partial charge is 0.131 e. The fourth-order valence-corrected chi connectivity index (χ4v) is 5.64. The highest BCUT2D eigenvalue weighted by Crippen LogP contribution is 2.52. The summed E-state index contributed by atoms with van der Waals surface area (Å²) in [5, 5.41) is 13.8. The van der Waals surface area contributed by atoms with E-state index in [1.165, 1.54) is 18.9 Å². The van der Waals surface area contributed by atoms with Crippen molar-refractivity contribution in [1.82, 2.24) is 0 Å². The first-order valence-electron chi connectivity index (χ1n) is 7.21. The number of thioether (sulfide) groups is 1. The molecule has 1 nitrogen and oxygen atoms in total. The molecule has 2 fully saturated rings. The summed E-state index contributed by atoms with van der Waals surface area (Å²) < 4.78 is 13.9. The summed E-state index contributed by atoms with van der Waals surface area (Å²) in [7, 11) is 0. The van der Waals surface area contributed by atoms with Gasteiger partial charge in [-0.2, -0.15) is 11.8 Å². The summed E-state index contributed by atoms with van der Waals surface area (Å²) >= 11 is 2.02. The van der Waals surface area contributed by atoms with Gasteiger partial charge in [0.25, 0.3) is 0 Å². The van der Waals surface area contributed by atoms with Crippen molar-refractivity contribution in [2.45, 2.75) is 41.8 Å². The molecule has 0 aliphatic carbocycles. The van der Waals surface area contributed by atoms with Crippen LogP contribution in [0.4, 0.5) is 4.39 Å². The third kappa shape index (κ3) is 1.87. The standard InChI is InChI=1S/C17H17FOS/c18-16-8-7-15(13-3-1-2-4-14(13)16)17(19)9-11-5-6-12(10-17)20-11/h1-4,7-8,11-12,19H,5-6,9-10H2. The molecule has 0 amide bonds. The Morgan fingerprint density at radius 2 is 1.65 bits per heavy atom. The highest BCUT2D eigenvalue weighted by molar-refractivity contribution is 8.00. The van der Waals surface area contributed by atoms with Crippen molar-refractivity contribution in [3.8, 4) is 0 Å². The number of rotatable bonds is 1. The summed E-state index contributed by atoms with van der Waals surface area (Å²) in [6.07, 6.45) is 4.00. The molecule has 2 aliphatic heterocycles. The SMILES string of the molecule is OC1(c2ccc(F)c3ccccc23)CC2CCC(C1)S2. The van der Waals surface area contributed by atoms with Crippen LogP contribution in [0.3, 0.4) is 0 Å². The van der Waals surface area contributed by atoms with E-state index in [0.29, 0.717) is 15.9 Å². The first-order valence-corrected chi connectivity index (χ1v) is 8.15. The van der Waals surface area contributed by atoms with Crippen LogP contribution in [-0.2, 0) is 5.60 Å². The molecule has 4 rings (SSSR count). The second-order valence-corrected chi connectivity index (χ2v) is 7.64. The molecule has 0 aromatic heterocycles. The third-order valence-electron chi connectivity index (χ3n) is 4.70. The van der Waals surface area contributed by atoms with Gasteiger partial charge < -0.3 is 5.11 Å². The minimum Gasteiger partial charge on any atom is -0.385 e.